The Morgan fingerprint density at radius 2 is 2.00 bits per heavy atom. The summed E-state index contributed by atoms with van der Waals surface area (Å²) in [6.45, 7) is 4.19. The third kappa shape index (κ3) is 3.32. The van der Waals surface area contributed by atoms with Gasteiger partial charge in [0.15, 0.2) is 0 Å². The summed E-state index contributed by atoms with van der Waals surface area (Å²) in [7, 11) is 0. The fraction of sp³-hybridized carbons (Fsp3) is 0.444. The molecule has 0 bridgehead atoms. The number of aromatic nitrogens is 3. The summed E-state index contributed by atoms with van der Waals surface area (Å²) in [5.41, 5.74) is 0.550. The van der Waals surface area contributed by atoms with Crippen molar-refractivity contribution in [2.45, 2.75) is 6.42 Å². The molecule has 1 atom stereocenters. The summed E-state index contributed by atoms with van der Waals surface area (Å²) in [6.07, 6.45) is 7.78. The molecule has 7 nitrogen and oxygen atoms in total. The number of carbonyl (C=O) groups excluding carboxylic acids is 1. The summed E-state index contributed by atoms with van der Waals surface area (Å²) < 4.78 is 5.86. The minimum absolute atomic E-state index is 0.0207. The van der Waals surface area contributed by atoms with Crippen LogP contribution in [-0.4, -0.2) is 65.2 Å². The van der Waals surface area contributed by atoms with E-state index >= 15 is 0 Å². The van der Waals surface area contributed by atoms with E-state index in [1.807, 2.05) is 17.0 Å². The molecule has 1 spiro atoms. The molecule has 4 heterocycles. The molecule has 0 N–H and O–H groups in total. The fourth-order valence-corrected chi connectivity index (χ4v) is 3.65. The normalized spacial score (nSPS) is 23.7. The Morgan fingerprint density at radius 3 is 2.80 bits per heavy atom. The Hall–Kier alpha value is -2.54. The maximum atomic E-state index is 12.8. The predicted molar refractivity (Wildman–Crippen MR) is 92.3 cm³/mol. The second kappa shape index (κ2) is 6.76. The van der Waals surface area contributed by atoms with Crippen molar-refractivity contribution < 1.29 is 9.53 Å². The fourth-order valence-electron chi connectivity index (χ4n) is 3.65. The van der Waals surface area contributed by atoms with E-state index in [2.05, 4.69) is 19.9 Å². The van der Waals surface area contributed by atoms with Crippen LogP contribution in [0.2, 0.25) is 0 Å². The van der Waals surface area contributed by atoms with Crippen molar-refractivity contribution in [1.29, 1.82) is 0 Å². The summed E-state index contributed by atoms with van der Waals surface area (Å²) >= 11 is 0. The van der Waals surface area contributed by atoms with E-state index in [0.29, 0.717) is 31.9 Å². The molecule has 2 aromatic rings. The number of ether oxygens (including phenoxy) is 1. The zero-order chi connectivity index (χ0) is 17.1. The third-order valence-corrected chi connectivity index (χ3v) is 4.91. The molecule has 0 saturated carbocycles. The van der Waals surface area contributed by atoms with Gasteiger partial charge in [-0.1, -0.05) is 0 Å². The molecule has 2 aromatic heterocycles. The van der Waals surface area contributed by atoms with Gasteiger partial charge in [0.1, 0.15) is 0 Å². The van der Waals surface area contributed by atoms with Crippen molar-refractivity contribution in [3.63, 3.8) is 0 Å². The number of hydrogen-bond donors (Lipinski definition) is 0. The molecule has 2 saturated heterocycles. The van der Waals surface area contributed by atoms with Crippen molar-refractivity contribution in [2.24, 2.45) is 5.41 Å². The number of anilines is 1. The van der Waals surface area contributed by atoms with Gasteiger partial charge in [0.25, 0.3) is 5.91 Å². The molecule has 0 radical (unpaired) electrons. The Balaban J connectivity index is 1.51. The standard InChI is InChI=1S/C18H21N5O2/c24-16(15-3-1-5-19-11-15)22-9-10-25-14-18(12-22)4-8-23(13-18)17-20-6-2-7-21-17/h1-3,5-7,11H,4,8-10,12-14H2/t18-/m0/s1. The summed E-state index contributed by atoms with van der Waals surface area (Å²) in [5, 5.41) is 0. The lowest BCUT2D eigenvalue weighted by Crippen LogP contribution is -2.43. The van der Waals surface area contributed by atoms with E-state index < -0.39 is 0 Å². The highest BCUT2D eigenvalue weighted by molar-refractivity contribution is 5.93. The van der Waals surface area contributed by atoms with Crippen molar-refractivity contribution in [3.8, 4) is 0 Å². The van der Waals surface area contributed by atoms with Crippen LogP contribution in [0.1, 0.15) is 16.8 Å². The summed E-state index contributed by atoms with van der Waals surface area (Å²) in [6, 6.07) is 5.42. The number of carbonyl (C=O) groups is 1. The Kier molecular flexibility index (Phi) is 4.31. The second-order valence-corrected chi connectivity index (χ2v) is 6.74. The van der Waals surface area contributed by atoms with Crippen molar-refractivity contribution in [3.05, 3.63) is 48.5 Å². The van der Waals surface area contributed by atoms with Crippen LogP contribution in [0.3, 0.4) is 0 Å². The molecule has 7 heteroatoms. The van der Waals surface area contributed by atoms with Gasteiger partial charge in [0, 0.05) is 56.4 Å². The lowest BCUT2D eigenvalue weighted by molar-refractivity contribution is 0.0690. The molecule has 4 rings (SSSR count). The van der Waals surface area contributed by atoms with Crippen LogP contribution in [0.25, 0.3) is 0 Å². The smallest absolute Gasteiger partial charge is 0.255 e. The van der Waals surface area contributed by atoms with Crippen LogP contribution in [0.4, 0.5) is 5.95 Å². The van der Waals surface area contributed by atoms with E-state index in [-0.39, 0.29) is 11.3 Å². The first-order valence-electron chi connectivity index (χ1n) is 8.55. The molecule has 0 aliphatic carbocycles. The highest BCUT2D eigenvalue weighted by Gasteiger charge is 2.43. The monoisotopic (exact) mass is 339 g/mol. The zero-order valence-electron chi connectivity index (χ0n) is 14.0. The van der Waals surface area contributed by atoms with Gasteiger partial charge in [-0.2, -0.15) is 0 Å². The average Bonchev–Trinajstić information content (AvgIpc) is 2.97. The third-order valence-electron chi connectivity index (χ3n) is 4.91. The van der Waals surface area contributed by atoms with Crippen molar-refractivity contribution in [2.75, 3.05) is 44.3 Å². The van der Waals surface area contributed by atoms with Gasteiger partial charge in [-0.3, -0.25) is 9.78 Å². The van der Waals surface area contributed by atoms with Crippen molar-refractivity contribution in [1.82, 2.24) is 19.9 Å². The number of hydrogen-bond acceptors (Lipinski definition) is 6. The van der Waals surface area contributed by atoms with E-state index in [9.17, 15) is 4.79 Å². The minimum atomic E-state index is -0.0758. The van der Waals surface area contributed by atoms with Crippen LogP contribution in [0.15, 0.2) is 43.0 Å². The minimum Gasteiger partial charge on any atom is -0.379 e. The molecule has 2 aliphatic heterocycles. The number of amides is 1. The van der Waals surface area contributed by atoms with Gasteiger partial charge in [-0.05, 0) is 24.6 Å². The van der Waals surface area contributed by atoms with E-state index in [4.69, 9.17) is 4.74 Å². The molecular weight excluding hydrogens is 318 g/mol. The maximum absolute atomic E-state index is 12.8. The van der Waals surface area contributed by atoms with E-state index in [1.165, 1.54) is 0 Å². The van der Waals surface area contributed by atoms with Gasteiger partial charge in [-0.25, -0.2) is 9.97 Å². The first-order valence-corrected chi connectivity index (χ1v) is 8.55. The second-order valence-electron chi connectivity index (χ2n) is 6.74. The molecule has 0 aromatic carbocycles. The van der Waals surface area contributed by atoms with Gasteiger partial charge in [-0.15, -0.1) is 0 Å². The van der Waals surface area contributed by atoms with Gasteiger partial charge < -0.3 is 14.5 Å². The molecule has 130 valence electrons. The number of nitrogens with zero attached hydrogens (tertiary/aromatic N) is 5. The van der Waals surface area contributed by atoms with Gasteiger partial charge in [0.05, 0.1) is 18.8 Å². The van der Waals surface area contributed by atoms with Crippen LogP contribution in [-0.2, 0) is 4.74 Å². The largest absolute Gasteiger partial charge is 0.379 e. The predicted octanol–water partition coefficient (Wildman–Crippen LogP) is 1.24. The topological polar surface area (TPSA) is 71.5 Å². The molecule has 1 amide bonds. The van der Waals surface area contributed by atoms with Gasteiger partial charge >= 0.3 is 0 Å². The lowest BCUT2D eigenvalue weighted by Gasteiger charge is -2.31. The van der Waals surface area contributed by atoms with Crippen molar-refractivity contribution >= 4 is 11.9 Å². The van der Waals surface area contributed by atoms with Gasteiger partial charge in [0.2, 0.25) is 5.95 Å². The highest BCUT2D eigenvalue weighted by Crippen LogP contribution is 2.35. The SMILES string of the molecule is O=C(c1cccnc1)N1CCOC[C@@]2(CCN(c3ncccn3)C2)C1. The molecular formula is C18H21N5O2. The van der Waals surface area contributed by atoms with Crippen LogP contribution in [0, 0.1) is 5.41 Å². The zero-order valence-corrected chi connectivity index (χ0v) is 14.0. The van der Waals surface area contributed by atoms with E-state index in [1.54, 1.807) is 30.9 Å². The lowest BCUT2D eigenvalue weighted by atomic mass is 9.87. The van der Waals surface area contributed by atoms with Crippen LogP contribution in [0.5, 0.6) is 0 Å². The first-order chi connectivity index (χ1) is 12.3. The highest BCUT2D eigenvalue weighted by atomic mass is 16.5. The van der Waals surface area contributed by atoms with E-state index in [0.717, 1.165) is 25.5 Å². The first kappa shape index (κ1) is 16.0. The van der Waals surface area contributed by atoms with Crippen LogP contribution >= 0.6 is 0 Å². The molecule has 0 unspecified atom stereocenters. The summed E-state index contributed by atoms with van der Waals surface area (Å²) in [4.78, 5) is 29.7. The quantitative estimate of drug-likeness (QED) is 0.820. The number of rotatable bonds is 2. The maximum Gasteiger partial charge on any atom is 0.255 e. The average molecular weight is 339 g/mol. The number of pyridine rings is 1. The molecule has 25 heavy (non-hydrogen) atoms. The Labute approximate surface area is 146 Å². The summed E-state index contributed by atoms with van der Waals surface area (Å²) in [5.74, 6) is 0.765. The molecule has 2 aliphatic rings. The Morgan fingerprint density at radius 1 is 1.12 bits per heavy atom. The Bertz CT molecular complexity index is 727. The molecule has 2 fully saturated rings. The van der Waals surface area contributed by atoms with Crippen LogP contribution < -0.4 is 4.90 Å².